The highest BCUT2D eigenvalue weighted by molar-refractivity contribution is 6.02. The van der Waals surface area contributed by atoms with Crippen molar-refractivity contribution >= 4 is 17.8 Å². The van der Waals surface area contributed by atoms with Crippen LogP contribution in [0.4, 0.5) is 4.79 Å². The van der Waals surface area contributed by atoms with Crippen molar-refractivity contribution in [3.05, 3.63) is 95.8 Å². The molecule has 3 unspecified atom stereocenters. The zero-order valence-corrected chi connectivity index (χ0v) is 20.5. The summed E-state index contributed by atoms with van der Waals surface area (Å²) in [5.41, 5.74) is 1.83. The lowest BCUT2D eigenvalue weighted by Crippen LogP contribution is -2.49. The third kappa shape index (κ3) is 6.93. The zero-order valence-electron chi connectivity index (χ0n) is 20.5. The summed E-state index contributed by atoms with van der Waals surface area (Å²) in [7, 11) is 0. The van der Waals surface area contributed by atoms with Gasteiger partial charge in [0, 0.05) is 0 Å². The van der Waals surface area contributed by atoms with E-state index in [9.17, 15) is 14.4 Å². The summed E-state index contributed by atoms with van der Waals surface area (Å²) >= 11 is 0. The van der Waals surface area contributed by atoms with Crippen LogP contribution in [0.25, 0.3) is 0 Å². The fraction of sp³-hybridized carbons (Fsp3) is 0.345. The number of hydrogen-bond acceptors (Lipinski definition) is 7. The van der Waals surface area contributed by atoms with Gasteiger partial charge in [-0.15, -0.1) is 0 Å². The highest BCUT2D eigenvalue weighted by Gasteiger charge is 2.45. The number of imide groups is 1. The second-order valence-corrected chi connectivity index (χ2v) is 8.93. The predicted octanol–water partition coefficient (Wildman–Crippen LogP) is 3.24. The molecule has 2 aliphatic rings. The van der Waals surface area contributed by atoms with E-state index in [2.05, 4.69) is 0 Å². The standard InChI is InChI=1S/C29H31NO7/c31-15-17-35-16-7-12-24-13-14-26(32)27(37-24)25(19-22-10-5-2-6-11-22)28(33)30-23(20-36-29(30)34)18-21-8-3-1-4-9-21/h1-6,8-14,23,25,27,31H,7,15-20H2. The van der Waals surface area contributed by atoms with Crippen LogP contribution in [0.2, 0.25) is 0 Å². The largest absolute Gasteiger partial charge is 0.482 e. The molecule has 2 amide bonds. The lowest BCUT2D eigenvalue weighted by atomic mass is 9.88. The van der Waals surface area contributed by atoms with E-state index in [0.29, 0.717) is 25.2 Å². The van der Waals surface area contributed by atoms with Crippen molar-refractivity contribution in [2.45, 2.75) is 31.4 Å². The molecule has 0 aromatic heterocycles. The molecule has 2 aromatic carbocycles. The molecule has 0 spiro atoms. The number of cyclic esters (lactones) is 1. The molecule has 0 radical (unpaired) electrons. The van der Waals surface area contributed by atoms with E-state index in [-0.39, 0.29) is 32.0 Å². The first kappa shape index (κ1) is 26.3. The summed E-state index contributed by atoms with van der Waals surface area (Å²) in [4.78, 5) is 40.8. The molecule has 0 bridgehead atoms. The number of rotatable bonds is 11. The molecule has 1 N–H and O–H groups in total. The maximum absolute atomic E-state index is 14.0. The lowest BCUT2D eigenvalue weighted by molar-refractivity contribution is -0.143. The zero-order chi connectivity index (χ0) is 26.0. The van der Waals surface area contributed by atoms with Crippen LogP contribution in [0.15, 0.2) is 84.7 Å². The Labute approximate surface area is 216 Å². The quantitative estimate of drug-likeness (QED) is 0.468. The molecular formula is C29H31NO7. The Morgan fingerprint density at radius 2 is 1.73 bits per heavy atom. The van der Waals surface area contributed by atoms with E-state index in [0.717, 1.165) is 16.0 Å². The molecule has 1 fully saturated rings. The summed E-state index contributed by atoms with van der Waals surface area (Å²) in [5, 5.41) is 8.84. The van der Waals surface area contributed by atoms with Crippen LogP contribution >= 0.6 is 0 Å². The number of carbonyl (C=O) groups excluding carboxylic acids is 3. The Balaban J connectivity index is 1.57. The average molecular weight is 506 g/mol. The van der Waals surface area contributed by atoms with Crippen molar-refractivity contribution in [1.29, 1.82) is 0 Å². The number of carbonyl (C=O) groups is 3. The molecule has 3 atom stereocenters. The van der Waals surface area contributed by atoms with Crippen LogP contribution < -0.4 is 0 Å². The Hall–Kier alpha value is -3.75. The van der Waals surface area contributed by atoms with Crippen molar-refractivity contribution in [1.82, 2.24) is 4.90 Å². The minimum Gasteiger partial charge on any atom is -0.482 e. The second-order valence-electron chi connectivity index (χ2n) is 8.93. The highest BCUT2D eigenvalue weighted by atomic mass is 16.6. The van der Waals surface area contributed by atoms with Crippen molar-refractivity contribution in [3.63, 3.8) is 0 Å². The molecule has 8 heteroatoms. The average Bonchev–Trinajstić information content (AvgIpc) is 3.28. The Bertz CT molecular complexity index is 1130. The summed E-state index contributed by atoms with van der Waals surface area (Å²) < 4.78 is 16.6. The third-order valence-electron chi connectivity index (χ3n) is 6.29. The molecule has 0 saturated carbocycles. The summed E-state index contributed by atoms with van der Waals surface area (Å²) in [6.45, 7) is 0.657. The first-order valence-corrected chi connectivity index (χ1v) is 12.4. The van der Waals surface area contributed by atoms with Gasteiger partial charge in [0.2, 0.25) is 5.91 Å². The van der Waals surface area contributed by atoms with Crippen molar-refractivity contribution < 1.29 is 33.7 Å². The van der Waals surface area contributed by atoms with Gasteiger partial charge in [-0.1, -0.05) is 60.7 Å². The first-order chi connectivity index (χ1) is 18.1. The van der Waals surface area contributed by atoms with Gasteiger partial charge in [0.05, 0.1) is 31.8 Å². The second kappa shape index (κ2) is 13.0. The number of nitrogens with zero attached hydrogens (tertiary/aromatic N) is 1. The van der Waals surface area contributed by atoms with E-state index in [4.69, 9.17) is 19.3 Å². The molecule has 8 nitrogen and oxygen atoms in total. The number of aliphatic hydroxyl groups is 1. The van der Waals surface area contributed by atoms with Crippen LogP contribution in [-0.2, 0) is 36.6 Å². The van der Waals surface area contributed by atoms with Gasteiger partial charge in [-0.25, -0.2) is 9.69 Å². The molecule has 37 heavy (non-hydrogen) atoms. The molecule has 1 saturated heterocycles. The molecule has 2 heterocycles. The van der Waals surface area contributed by atoms with E-state index in [1.54, 1.807) is 12.2 Å². The fourth-order valence-electron chi connectivity index (χ4n) is 4.49. The minimum atomic E-state index is -1.09. The monoisotopic (exact) mass is 505 g/mol. The van der Waals surface area contributed by atoms with Crippen LogP contribution in [0.5, 0.6) is 0 Å². The Kier molecular flexibility index (Phi) is 9.24. The first-order valence-electron chi connectivity index (χ1n) is 12.4. The molecule has 2 aliphatic heterocycles. The summed E-state index contributed by atoms with van der Waals surface area (Å²) in [6.07, 6.45) is 4.14. The van der Waals surface area contributed by atoms with Gasteiger partial charge >= 0.3 is 6.09 Å². The molecule has 0 aliphatic carbocycles. The van der Waals surface area contributed by atoms with Crippen LogP contribution in [0.1, 0.15) is 17.5 Å². The number of hydrogen-bond donors (Lipinski definition) is 1. The highest BCUT2D eigenvalue weighted by Crippen LogP contribution is 2.28. The smallest absolute Gasteiger partial charge is 0.416 e. The fourth-order valence-corrected chi connectivity index (χ4v) is 4.49. The van der Waals surface area contributed by atoms with Crippen LogP contribution in [0.3, 0.4) is 0 Å². The molecule has 194 valence electrons. The SMILES string of the molecule is O=C1C=CC(=CCCOCCO)OC1C(Cc1ccccc1)C(=O)N1C(=O)OCC1Cc1ccccc1. The van der Waals surface area contributed by atoms with E-state index in [1.807, 2.05) is 60.7 Å². The maximum atomic E-state index is 14.0. The third-order valence-corrected chi connectivity index (χ3v) is 6.29. The number of ketones is 1. The van der Waals surface area contributed by atoms with Gasteiger partial charge in [-0.05, 0) is 48.6 Å². The molecule has 4 rings (SSSR count). The number of allylic oxidation sites excluding steroid dienone is 1. The predicted molar refractivity (Wildman–Crippen MR) is 135 cm³/mol. The normalized spacial score (nSPS) is 21.1. The lowest BCUT2D eigenvalue weighted by Gasteiger charge is -2.31. The van der Waals surface area contributed by atoms with Crippen molar-refractivity contribution in [3.8, 4) is 0 Å². The van der Waals surface area contributed by atoms with E-state index in [1.165, 1.54) is 6.08 Å². The van der Waals surface area contributed by atoms with E-state index >= 15 is 0 Å². The van der Waals surface area contributed by atoms with Gasteiger partial charge in [0.1, 0.15) is 12.4 Å². The number of benzene rings is 2. The van der Waals surface area contributed by atoms with E-state index < -0.39 is 30.1 Å². The van der Waals surface area contributed by atoms with Crippen molar-refractivity contribution in [2.24, 2.45) is 5.92 Å². The number of aliphatic hydroxyl groups excluding tert-OH is 1. The number of ether oxygens (including phenoxy) is 3. The van der Waals surface area contributed by atoms with Gasteiger partial charge in [-0.3, -0.25) is 9.59 Å². The molecule has 2 aromatic rings. The van der Waals surface area contributed by atoms with Gasteiger partial charge in [0.15, 0.2) is 11.9 Å². The van der Waals surface area contributed by atoms with Crippen molar-refractivity contribution in [2.75, 3.05) is 26.4 Å². The topological polar surface area (TPSA) is 102 Å². The summed E-state index contributed by atoms with van der Waals surface area (Å²) in [5.74, 6) is -1.31. The molecular weight excluding hydrogens is 474 g/mol. The Morgan fingerprint density at radius 3 is 2.43 bits per heavy atom. The number of amides is 2. The van der Waals surface area contributed by atoms with Gasteiger partial charge in [0.25, 0.3) is 0 Å². The van der Waals surface area contributed by atoms with Crippen LogP contribution in [-0.4, -0.2) is 66.4 Å². The summed E-state index contributed by atoms with van der Waals surface area (Å²) in [6, 6.07) is 18.5. The van der Waals surface area contributed by atoms with Crippen LogP contribution in [0, 0.1) is 5.92 Å². The Morgan fingerprint density at radius 1 is 1.03 bits per heavy atom. The van der Waals surface area contributed by atoms with Gasteiger partial charge < -0.3 is 19.3 Å². The maximum Gasteiger partial charge on any atom is 0.416 e. The van der Waals surface area contributed by atoms with Gasteiger partial charge in [-0.2, -0.15) is 0 Å². The minimum absolute atomic E-state index is 0.0585.